The van der Waals surface area contributed by atoms with E-state index in [4.69, 9.17) is 9.47 Å². The highest BCUT2D eigenvalue weighted by molar-refractivity contribution is 5.71. The Bertz CT molecular complexity index is 818. The van der Waals surface area contributed by atoms with Crippen LogP contribution in [-0.4, -0.2) is 28.3 Å². The van der Waals surface area contributed by atoms with E-state index in [9.17, 15) is 10.5 Å². The van der Waals surface area contributed by atoms with Crippen LogP contribution >= 0.6 is 0 Å². The molecule has 1 aromatic rings. The van der Waals surface area contributed by atoms with Crippen molar-refractivity contribution in [1.29, 1.82) is 10.5 Å². The van der Waals surface area contributed by atoms with Crippen LogP contribution in [-0.2, 0) is 9.47 Å². The third-order valence-electron chi connectivity index (χ3n) is 3.79. The molecule has 0 saturated heterocycles. The smallest absolute Gasteiger partial charge is 0.180 e. The van der Waals surface area contributed by atoms with Gasteiger partial charge >= 0.3 is 0 Å². The number of benzene rings is 1. The Morgan fingerprint density at radius 1 is 0.920 bits per heavy atom. The highest BCUT2D eigenvalue weighted by Crippen LogP contribution is 2.37. The fraction of sp³-hybridized carbons (Fsp3) is 0.200. The lowest BCUT2D eigenvalue weighted by Gasteiger charge is -2.11. The molecular weight excluding hydrogens is 314 g/mol. The quantitative estimate of drug-likeness (QED) is 0.824. The molecule has 25 heavy (non-hydrogen) atoms. The van der Waals surface area contributed by atoms with E-state index in [2.05, 4.69) is 12.1 Å². The van der Waals surface area contributed by atoms with Gasteiger partial charge in [-0.15, -0.1) is 0 Å². The van der Waals surface area contributed by atoms with Gasteiger partial charge in [0.05, 0.1) is 14.2 Å². The third-order valence-corrected chi connectivity index (χ3v) is 3.79. The molecule has 0 aliphatic heterocycles. The minimum atomic E-state index is 0.288. The van der Waals surface area contributed by atoms with Gasteiger partial charge in [0.2, 0.25) is 0 Å². The number of anilines is 1. The van der Waals surface area contributed by atoms with Crippen LogP contribution in [0, 0.1) is 22.7 Å². The first kappa shape index (κ1) is 17.9. The zero-order chi connectivity index (χ0) is 18.4. The Labute approximate surface area is 148 Å². The van der Waals surface area contributed by atoms with Crippen molar-refractivity contribution in [1.82, 2.24) is 0 Å². The largest absolute Gasteiger partial charge is 0.491 e. The van der Waals surface area contributed by atoms with E-state index >= 15 is 0 Å². The molecule has 0 amide bonds. The number of nitrogens with zero attached hydrogens (tertiary/aromatic N) is 3. The summed E-state index contributed by atoms with van der Waals surface area (Å²) in [6.45, 7) is 0. The molecule has 0 atom stereocenters. The molecule has 0 aromatic heterocycles. The molecule has 0 radical (unpaired) electrons. The molecule has 0 heterocycles. The van der Waals surface area contributed by atoms with Crippen molar-refractivity contribution in [2.75, 3.05) is 33.2 Å². The molecule has 5 heteroatoms. The molecule has 1 aliphatic rings. The van der Waals surface area contributed by atoms with Crippen LogP contribution in [0.4, 0.5) is 5.69 Å². The first-order chi connectivity index (χ1) is 12.1. The fourth-order valence-corrected chi connectivity index (χ4v) is 2.51. The summed E-state index contributed by atoms with van der Waals surface area (Å²) in [6, 6.07) is 12.2. The molecule has 0 unspecified atom stereocenters. The van der Waals surface area contributed by atoms with Crippen LogP contribution in [0.25, 0.3) is 6.08 Å². The molecule has 5 nitrogen and oxygen atoms in total. The standard InChI is InChI=1S/C20H19N3O2/c1-23(2)15-10-8-14(9-11-15)6-5-7-16-17(12-21)19(24-3)20(25-4)18(16)13-22/h5-11H,1-4H3/b6-5+. The van der Waals surface area contributed by atoms with E-state index in [0.717, 1.165) is 11.3 Å². The molecule has 126 valence electrons. The minimum Gasteiger partial charge on any atom is -0.491 e. The van der Waals surface area contributed by atoms with Crippen LogP contribution in [0.1, 0.15) is 5.56 Å². The SMILES string of the molecule is COC1=C(C#N)C(=C/C=C/c2ccc(N(C)C)cc2)C(C#N)=C1OC. The van der Waals surface area contributed by atoms with E-state index in [-0.39, 0.29) is 11.5 Å². The van der Waals surface area contributed by atoms with Gasteiger partial charge in [-0.2, -0.15) is 10.5 Å². The van der Waals surface area contributed by atoms with Gasteiger partial charge in [0.25, 0.3) is 0 Å². The summed E-state index contributed by atoms with van der Waals surface area (Å²) in [4.78, 5) is 2.03. The number of hydrogen-bond acceptors (Lipinski definition) is 5. The van der Waals surface area contributed by atoms with E-state index in [1.807, 2.05) is 49.3 Å². The molecule has 0 bridgehead atoms. The van der Waals surface area contributed by atoms with Crippen LogP contribution in [0.2, 0.25) is 0 Å². The topological polar surface area (TPSA) is 69.3 Å². The second-order valence-electron chi connectivity index (χ2n) is 5.47. The predicted octanol–water partition coefficient (Wildman–Crippen LogP) is 3.55. The summed E-state index contributed by atoms with van der Waals surface area (Å²) in [5, 5.41) is 18.8. The average Bonchev–Trinajstić information content (AvgIpc) is 2.93. The van der Waals surface area contributed by atoms with Gasteiger partial charge < -0.3 is 14.4 Å². The highest BCUT2D eigenvalue weighted by Gasteiger charge is 2.31. The lowest BCUT2D eigenvalue weighted by atomic mass is 10.0. The summed E-state index contributed by atoms with van der Waals surface area (Å²) < 4.78 is 10.5. The maximum Gasteiger partial charge on any atom is 0.180 e. The molecule has 0 spiro atoms. The van der Waals surface area contributed by atoms with Gasteiger partial charge in [-0.05, 0) is 17.7 Å². The van der Waals surface area contributed by atoms with E-state index in [1.165, 1.54) is 14.2 Å². The van der Waals surface area contributed by atoms with Crippen molar-refractivity contribution < 1.29 is 9.47 Å². The molecule has 0 fully saturated rings. The maximum atomic E-state index is 9.41. The number of rotatable bonds is 5. The Kier molecular flexibility index (Phi) is 5.66. The van der Waals surface area contributed by atoms with Crippen LogP contribution in [0.15, 0.2) is 64.7 Å². The van der Waals surface area contributed by atoms with Gasteiger partial charge in [-0.25, -0.2) is 0 Å². The predicted molar refractivity (Wildman–Crippen MR) is 97.2 cm³/mol. The number of allylic oxidation sites excluding steroid dienone is 5. The van der Waals surface area contributed by atoms with Crippen LogP contribution in [0.5, 0.6) is 0 Å². The van der Waals surface area contributed by atoms with Crippen molar-refractivity contribution in [3.05, 3.63) is 70.2 Å². The van der Waals surface area contributed by atoms with Gasteiger partial charge in [0, 0.05) is 25.4 Å². The van der Waals surface area contributed by atoms with Crippen LogP contribution in [0.3, 0.4) is 0 Å². The molecule has 1 aromatic carbocycles. The van der Waals surface area contributed by atoms with E-state index in [0.29, 0.717) is 16.7 Å². The second kappa shape index (κ2) is 7.90. The third kappa shape index (κ3) is 3.57. The lowest BCUT2D eigenvalue weighted by Crippen LogP contribution is -2.07. The summed E-state index contributed by atoms with van der Waals surface area (Å²) in [7, 11) is 6.88. The zero-order valence-corrected chi connectivity index (χ0v) is 14.7. The van der Waals surface area contributed by atoms with Gasteiger partial charge in [0.1, 0.15) is 23.3 Å². The average molecular weight is 333 g/mol. The number of hydrogen-bond donors (Lipinski definition) is 0. The Balaban J connectivity index is 2.36. The number of nitriles is 2. The van der Waals surface area contributed by atoms with Crippen molar-refractivity contribution >= 4 is 11.8 Å². The highest BCUT2D eigenvalue weighted by atomic mass is 16.5. The Morgan fingerprint density at radius 3 is 1.84 bits per heavy atom. The normalized spacial score (nSPS) is 13.8. The molecule has 0 saturated carbocycles. The van der Waals surface area contributed by atoms with Gasteiger partial charge in [-0.1, -0.05) is 30.4 Å². The maximum absolute atomic E-state index is 9.41. The Morgan fingerprint density at radius 2 is 1.44 bits per heavy atom. The fourth-order valence-electron chi connectivity index (χ4n) is 2.51. The second-order valence-corrected chi connectivity index (χ2v) is 5.47. The zero-order valence-electron chi connectivity index (χ0n) is 14.7. The van der Waals surface area contributed by atoms with Gasteiger partial charge in [-0.3, -0.25) is 0 Å². The summed E-state index contributed by atoms with van der Waals surface area (Å²) in [6.07, 6.45) is 5.44. The van der Waals surface area contributed by atoms with E-state index < -0.39 is 0 Å². The number of ether oxygens (including phenoxy) is 2. The lowest BCUT2D eigenvalue weighted by molar-refractivity contribution is 0.220. The molecule has 0 N–H and O–H groups in total. The van der Waals surface area contributed by atoms with Crippen LogP contribution < -0.4 is 4.90 Å². The first-order valence-corrected chi connectivity index (χ1v) is 7.61. The monoisotopic (exact) mass is 333 g/mol. The summed E-state index contributed by atoms with van der Waals surface area (Å²) in [5.74, 6) is 0.577. The van der Waals surface area contributed by atoms with Crippen molar-refractivity contribution in [2.24, 2.45) is 0 Å². The summed E-state index contributed by atoms with van der Waals surface area (Å²) in [5.41, 5.74) is 3.22. The summed E-state index contributed by atoms with van der Waals surface area (Å²) >= 11 is 0. The Hall–Kier alpha value is -3.44. The first-order valence-electron chi connectivity index (χ1n) is 7.61. The molecule has 2 rings (SSSR count). The molecular formula is C20H19N3O2. The van der Waals surface area contributed by atoms with Gasteiger partial charge in [0.15, 0.2) is 11.5 Å². The number of methoxy groups -OCH3 is 2. The van der Waals surface area contributed by atoms with Crippen molar-refractivity contribution in [2.45, 2.75) is 0 Å². The van der Waals surface area contributed by atoms with Crippen molar-refractivity contribution in [3.8, 4) is 12.1 Å². The molecule has 1 aliphatic carbocycles. The van der Waals surface area contributed by atoms with E-state index in [1.54, 1.807) is 12.2 Å². The minimum absolute atomic E-state index is 0.288. The van der Waals surface area contributed by atoms with Crippen molar-refractivity contribution in [3.63, 3.8) is 0 Å².